The summed E-state index contributed by atoms with van der Waals surface area (Å²) in [6, 6.07) is 14.6. The van der Waals surface area contributed by atoms with E-state index >= 15 is 0 Å². The van der Waals surface area contributed by atoms with Gasteiger partial charge in [0.25, 0.3) is 5.91 Å². The maximum absolute atomic E-state index is 13.1. The van der Waals surface area contributed by atoms with Gasteiger partial charge >= 0.3 is 0 Å². The molecular formula is C21H22N2O. The molecule has 0 fully saturated rings. The topological polar surface area (TPSA) is 25.2 Å². The molecule has 2 aromatic carbocycles. The van der Waals surface area contributed by atoms with Gasteiger partial charge in [0.2, 0.25) is 0 Å². The minimum absolute atomic E-state index is 0.0970. The van der Waals surface area contributed by atoms with Crippen molar-refractivity contribution in [3.63, 3.8) is 0 Å². The average molecular weight is 318 g/mol. The number of rotatable bonds is 3. The summed E-state index contributed by atoms with van der Waals surface area (Å²) in [6.45, 7) is 4.30. The Labute approximate surface area is 142 Å². The normalized spacial score (nSPS) is 14.3. The van der Waals surface area contributed by atoms with Crippen LogP contribution in [0, 0.1) is 6.92 Å². The van der Waals surface area contributed by atoms with Crippen LogP contribution in [0.25, 0.3) is 22.2 Å². The van der Waals surface area contributed by atoms with Crippen molar-refractivity contribution in [2.75, 3.05) is 14.1 Å². The fourth-order valence-corrected chi connectivity index (χ4v) is 4.16. The molecule has 24 heavy (non-hydrogen) atoms. The van der Waals surface area contributed by atoms with E-state index in [1.807, 2.05) is 22.8 Å². The smallest absolute Gasteiger partial charge is 0.263 e. The second-order valence-corrected chi connectivity index (χ2v) is 6.81. The highest BCUT2D eigenvalue weighted by Gasteiger charge is 2.35. The van der Waals surface area contributed by atoms with Crippen molar-refractivity contribution in [2.24, 2.45) is 0 Å². The van der Waals surface area contributed by atoms with Gasteiger partial charge in [-0.05, 0) is 39.1 Å². The van der Waals surface area contributed by atoms with Crippen LogP contribution >= 0.6 is 0 Å². The van der Waals surface area contributed by atoms with E-state index in [-0.39, 0.29) is 11.9 Å². The SMILES string of the molecule is CCC(c1c2n(c3c(C)cccc13)C(=O)c1ccccc1-2)N(C)C. The van der Waals surface area contributed by atoms with Crippen molar-refractivity contribution < 1.29 is 4.79 Å². The van der Waals surface area contributed by atoms with Crippen LogP contribution in [0.2, 0.25) is 0 Å². The summed E-state index contributed by atoms with van der Waals surface area (Å²) in [5, 5.41) is 1.20. The second kappa shape index (κ2) is 5.32. The zero-order valence-corrected chi connectivity index (χ0v) is 14.6. The van der Waals surface area contributed by atoms with E-state index in [9.17, 15) is 4.79 Å². The number of fused-ring (bicyclic) bond motifs is 5. The standard InChI is InChI=1S/C21H22N2O/c1-5-17(22(3)4)18-16-12-8-9-13(2)19(16)23-20(18)14-10-6-7-11-15(14)21(23)24/h6-12,17H,5H2,1-4H3. The molecule has 3 aromatic rings. The lowest BCUT2D eigenvalue weighted by Crippen LogP contribution is -2.19. The van der Waals surface area contributed by atoms with Gasteiger partial charge in [-0.1, -0.05) is 43.3 Å². The number of para-hydroxylation sites is 1. The molecular weight excluding hydrogens is 296 g/mol. The molecule has 1 aliphatic heterocycles. The van der Waals surface area contributed by atoms with E-state index in [4.69, 9.17) is 0 Å². The van der Waals surface area contributed by atoms with Crippen LogP contribution in [0.1, 0.15) is 40.9 Å². The van der Waals surface area contributed by atoms with Gasteiger partial charge in [0, 0.05) is 28.1 Å². The highest BCUT2D eigenvalue weighted by molar-refractivity contribution is 6.16. The molecule has 1 aliphatic rings. The number of hydrogen-bond acceptors (Lipinski definition) is 2. The third-order valence-electron chi connectivity index (χ3n) is 5.19. The predicted octanol–water partition coefficient (Wildman–Crippen LogP) is 4.63. The summed E-state index contributed by atoms with van der Waals surface area (Å²) in [5.41, 5.74) is 6.44. The first kappa shape index (κ1) is 15.2. The summed E-state index contributed by atoms with van der Waals surface area (Å²) >= 11 is 0. The molecule has 122 valence electrons. The highest BCUT2D eigenvalue weighted by Crippen LogP contribution is 2.45. The Hall–Kier alpha value is -2.39. The average Bonchev–Trinajstić information content (AvgIpc) is 3.04. The lowest BCUT2D eigenvalue weighted by atomic mass is 9.94. The van der Waals surface area contributed by atoms with Gasteiger partial charge in [-0.3, -0.25) is 9.36 Å². The molecule has 1 atom stereocenters. The summed E-state index contributed by atoms with van der Waals surface area (Å²) in [5.74, 6) is 0.0970. The molecule has 0 amide bonds. The Kier molecular flexibility index (Phi) is 3.36. The van der Waals surface area contributed by atoms with Gasteiger partial charge in [0.15, 0.2) is 0 Å². The van der Waals surface area contributed by atoms with Gasteiger partial charge < -0.3 is 4.90 Å². The first-order valence-electron chi connectivity index (χ1n) is 8.50. The van der Waals surface area contributed by atoms with E-state index < -0.39 is 0 Å². The van der Waals surface area contributed by atoms with Crippen molar-refractivity contribution in [3.8, 4) is 11.3 Å². The highest BCUT2D eigenvalue weighted by atomic mass is 16.2. The molecule has 2 heterocycles. The molecule has 0 spiro atoms. The Morgan fingerprint density at radius 3 is 2.42 bits per heavy atom. The zero-order chi connectivity index (χ0) is 17.0. The minimum atomic E-state index is 0.0970. The van der Waals surface area contributed by atoms with Gasteiger partial charge in [0.1, 0.15) is 0 Å². The summed E-state index contributed by atoms with van der Waals surface area (Å²) in [7, 11) is 4.23. The first-order valence-corrected chi connectivity index (χ1v) is 8.50. The number of aryl methyl sites for hydroxylation is 1. The molecule has 0 saturated carbocycles. The van der Waals surface area contributed by atoms with Gasteiger partial charge in [-0.25, -0.2) is 0 Å². The minimum Gasteiger partial charge on any atom is -0.302 e. The van der Waals surface area contributed by atoms with E-state index in [0.29, 0.717) is 0 Å². The number of nitrogens with zero attached hydrogens (tertiary/aromatic N) is 2. The Bertz CT molecular complexity index is 965. The van der Waals surface area contributed by atoms with E-state index in [1.54, 1.807) is 0 Å². The Morgan fingerprint density at radius 1 is 1.04 bits per heavy atom. The van der Waals surface area contributed by atoms with Crippen LogP contribution in [-0.2, 0) is 0 Å². The quantitative estimate of drug-likeness (QED) is 0.550. The van der Waals surface area contributed by atoms with Gasteiger partial charge in [-0.2, -0.15) is 0 Å². The number of aromatic nitrogens is 1. The predicted molar refractivity (Wildman–Crippen MR) is 98.6 cm³/mol. The maximum Gasteiger partial charge on any atom is 0.263 e. The summed E-state index contributed by atoms with van der Waals surface area (Å²) in [6.07, 6.45) is 1.00. The van der Waals surface area contributed by atoms with E-state index in [1.165, 1.54) is 10.9 Å². The van der Waals surface area contributed by atoms with Crippen LogP contribution < -0.4 is 0 Å². The van der Waals surface area contributed by atoms with Crippen molar-refractivity contribution in [3.05, 3.63) is 59.2 Å². The first-order chi connectivity index (χ1) is 11.6. The number of hydrogen-bond donors (Lipinski definition) is 0. The monoisotopic (exact) mass is 318 g/mol. The van der Waals surface area contributed by atoms with Crippen molar-refractivity contribution >= 4 is 16.8 Å². The third kappa shape index (κ3) is 1.85. The van der Waals surface area contributed by atoms with Crippen LogP contribution in [-0.4, -0.2) is 29.5 Å². The molecule has 1 unspecified atom stereocenters. The number of benzene rings is 2. The zero-order valence-electron chi connectivity index (χ0n) is 14.6. The van der Waals surface area contributed by atoms with Gasteiger partial charge in [-0.15, -0.1) is 0 Å². The lowest BCUT2D eigenvalue weighted by Gasteiger charge is -2.24. The molecule has 0 bridgehead atoms. The molecule has 0 N–H and O–H groups in total. The summed E-state index contributed by atoms with van der Waals surface area (Å²) in [4.78, 5) is 15.4. The second-order valence-electron chi connectivity index (χ2n) is 6.81. The molecule has 4 rings (SSSR count). The van der Waals surface area contributed by atoms with Crippen molar-refractivity contribution in [1.29, 1.82) is 0 Å². The number of carbonyl (C=O) groups excluding carboxylic acids is 1. The third-order valence-corrected chi connectivity index (χ3v) is 5.19. The maximum atomic E-state index is 13.1. The van der Waals surface area contributed by atoms with Crippen LogP contribution in [0.5, 0.6) is 0 Å². The molecule has 3 heteroatoms. The molecule has 0 aliphatic carbocycles. The largest absolute Gasteiger partial charge is 0.302 e. The van der Waals surface area contributed by atoms with E-state index in [0.717, 1.165) is 34.3 Å². The fraction of sp³-hybridized carbons (Fsp3) is 0.286. The lowest BCUT2D eigenvalue weighted by molar-refractivity contribution is 0.0973. The van der Waals surface area contributed by atoms with Crippen LogP contribution in [0.15, 0.2) is 42.5 Å². The van der Waals surface area contributed by atoms with Crippen LogP contribution in [0.4, 0.5) is 0 Å². The van der Waals surface area contributed by atoms with Gasteiger partial charge in [0.05, 0.1) is 11.2 Å². The summed E-state index contributed by atoms with van der Waals surface area (Å²) < 4.78 is 1.94. The molecule has 1 aromatic heterocycles. The Morgan fingerprint density at radius 2 is 1.75 bits per heavy atom. The Balaban J connectivity index is 2.19. The fourth-order valence-electron chi connectivity index (χ4n) is 4.16. The van der Waals surface area contributed by atoms with Crippen molar-refractivity contribution in [1.82, 2.24) is 9.47 Å². The molecule has 3 nitrogen and oxygen atoms in total. The van der Waals surface area contributed by atoms with Crippen molar-refractivity contribution in [2.45, 2.75) is 26.3 Å². The van der Waals surface area contributed by atoms with Crippen LogP contribution in [0.3, 0.4) is 0 Å². The molecule has 0 radical (unpaired) electrons. The molecule has 0 saturated heterocycles. The number of carbonyl (C=O) groups is 1. The van der Waals surface area contributed by atoms with E-state index in [2.05, 4.69) is 57.1 Å².